The largest absolute Gasteiger partial charge is 0.468 e. The zero-order chi connectivity index (χ0) is 26.6. The Morgan fingerprint density at radius 1 is 0.625 bits per heavy atom. The average Bonchev–Trinajstić information content (AvgIpc) is 2.58. The highest BCUT2D eigenvalue weighted by Crippen LogP contribution is 2.64. The van der Waals surface area contributed by atoms with Crippen LogP contribution in [0.25, 0.3) is 0 Å². The second-order valence-electron chi connectivity index (χ2n) is 5.84. The molecule has 0 aromatic heterocycles. The Balaban J connectivity index is 6.62. The van der Waals surface area contributed by atoms with Gasteiger partial charge in [-0.2, -0.15) is 74.6 Å². The minimum Gasteiger partial charge on any atom is -0.468 e. The zero-order valence-electron chi connectivity index (χ0n) is 14.4. The predicted octanol–water partition coefficient (Wildman–Crippen LogP) is 6.36. The average molecular weight is 632 g/mol. The van der Waals surface area contributed by atoms with E-state index < -0.39 is 63.9 Å². The first-order chi connectivity index (χ1) is 13.6. The first-order valence-electron chi connectivity index (χ1n) is 7.05. The van der Waals surface area contributed by atoms with E-state index in [4.69, 9.17) is 0 Å². The highest BCUT2D eigenvalue weighted by molar-refractivity contribution is 14.1. The van der Waals surface area contributed by atoms with Gasteiger partial charge in [0.05, 0.1) is 7.11 Å². The van der Waals surface area contributed by atoms with Gasteiger partial charge in [-0.25, -0.2) is 0 Å². The monoisotopic (exact) mass is 632 g/mol. The summed E-state index contributed by atoms with van der Waals surface area (Å²) in [5, 5.41) is 0. The van der Waals surface area contributed by atoms with Crippen LogP contribution in [0.15, 0.2) is 0 Å². The van der Waals surface area contributed by atoms with Crippen molar-refractivity contribution < 1.29 is 84.2 Å². The fraction of sp³-hybridized carbons (Fsp3) is 0.917. The molecule has 0 N–H and O–H groups in total. The second-order valence-corrected chi connectivity index (χ2v) is 7.35. The van der Waals surface area contributed by atoms with E-state index in [0.29, 0.717) is 29.7 Å². The zero-order valence-corrected chi connectivity index (χ0v) is 16.6. The summed E-state index contributed by atoms with van der Waals surface area (Å²) in [4.78, 5) is 10.9. The summed E-state index contributed by atoms with van der Waals surface area (Å²) >= 11 is 0.518. The van der Waals surface area contributed by atoms with E-state index >= 15 is 0 Å². The Hall–Kier alpha value is -0.990. The fourth-order valence-corrected chi connectivity index (χ4v) is 2.57. The van der Waals surface area contributed by atoms with Crippen LogP contribution in [0.3, 0.4) is 0 Å². The van der Waals surface area contributed by atoms with Gasteiger partial charge in [-0.05, 0) is 0 Å². The molecular formula is C12H6F17IO2. The lowest BCUT2D eigenvalue weighted by molar-refractivity contribution is -0.461. The molecule has 0 radical (unpaired) electrons. The van der Waals surface area contributed by atoms with Gasteiger partial charge in [0.2, 0.25) is 0 Å². The molecule has 2 nitrogen and oxygen atoms in total. The third-order valence-electron chi connectivity index (χ3n) is 3.68. The molecule has 0 bridgehead atoms. The van der Waals surface area contributed by atoms with Crippen molar-refractivity contribution in [2.45, 2.75) is 58.0 Å². The maximum atomic E-state index is 13.5. The number of carbonyl (C=O) groups is 1. The molecule has 0 heterocycles. The van der Waals surface area contributed by atoms with Gasteiger partial charge < -0.3 is 4.74 Å². The van der Waals surface area contributed by atoms with Gasteiger partial charge >= 0.3 is 53.6 Å². The molecule has 20 heteroatoms. The fourth-order valence-electron chi connectivity index (χ4n) is 1.76. The van der Waals surface area contributed by atoms with Crippen LogP contribution in [0.4, 0.5) is 74.6 Å². The summed E-state index contributed by atoms with van der Waals surface area (Å²) in [7, 11) is 0.441. The van der Waals surface area contributed by atoms with Crippen molar-refractivity contribution in [3.05, 3.63) is 0 Å². The van der Waals surface area contributed by atoms with Gasteiger partial charge in [-0.1, -0.05) is 22.6 Å². The molecule has 192 valence electrons. The van der Waals surface area contributed by atoms with E-state index in [1.165, 1.54) is 0 Å². The maximum absolute atomic E-state index is 13.5. The van der Waals surface area contributed by atoms with Crippen molar-refractivity contribution in [3.8, 4) is 0 Å². The molecule has 0 aliphatic rings. The predicted molar refractivity (Wildman–Crippen MR) is 75.1 cm³/mol. The van der Waals surface area contributed by atoms with Crippen LogP contribution in [0.2, 0.25) is 0 Å². The van der Waals surface area contributed by atoms with E-state index in [2.05, 4.69) is 4.74 Å². The van der Waals surface area contributed by atoms with E-state index in [-0.39, 0.29) is 0 Å². The molecule has 0 aliphatic carbocycles. The third kappa shape index (κ3) is 4.27. The summed E-state index contributed by atoms with van der Waals surface area (Å²) in [5.74, 6) is -58.7. The number of rotatable bonds is 9. The number of ether oxygens (including phenoxy) is 1. The third-order valence-corrected chi connectivity index (χ3v) is 4.63. The SMILES string of the molecule is COC(=O)C(I)CC(F)(F)C(F)(F)C(F)(F)C(F)(F)C(F)(F)C(F)(F)C(F)(F)C(F)(F)F. The van der Waals surface area contributed by atoms with Crippen LogP contribution in [-0.2, 0) is 9.53 Å². The highest BCUT2D eigenvalue weighted by Gasteiger charge is 2.95. The first-order valence-corrected chi connectivity index (χ1v) is 8.29. The molecule has 0 fully saturated rings. The van der Waals surface area contributed by atoms with Crippen LogP contribution in [0, 0.1) is 0 Å². The second kappa shape index (κ2) is 8.35. The summed E-state index contributed by atoms with van der Waals surface area (Å²) in [6.45, 7) is 0. The van der Waals surface area contributed by atoms with E-state index in [1.807, 2.05) is 0 Å². The number of esters is 1. The molecule has 0 saturated carbocycles. The number of hydrogen-bond acceptors (Lipinski definition) is 2. The Kier molecular flexibility index (Phi) is 8.09. The van der Waals surface area contributed by atoms with Crippen LogP contribution in [0.5, 0.6) is 0 Å². The summed E-state index contributed by atoms with van der Waals surface area (Å²) < 4.78 is 223. The molecule has 0 saturated heterocycles. The molecule has 0 aromatic carbocycles. The van der Waals surface area contributed by atoms with Gasteiger partial charge in [-0.3, -0.25) is 4.79 Å². The van der Waals surface area contributed by atoms with Crippen LogP contribution in [-0.4, -0.2) is 64.6 Å². The van der Waals surface area contributed by atoms with Crippen LogP contribution >= 0.6 is 22.6 Å². The van der Waals surface area contributed by atoms with Gasteiger partial charge in [0.15, 0.2) is 0 Å². The smallest absolute Gasteiger partial charge is 0.460 e. The van der Waals surface area contributed by atoms with Crippen molar-refractivity contribution in [1.82, 2.24) is 0 Å². The number of halogens is 18. The molecule has 0 aliphatic heterocycles. The van der Waals surface area contributed by atoms with E-state index in [9.17, 15) is 79.4 Å². The molecular weight excluding hydrogens is 626 g/mol. The number of hydrogen-bond donors (Lipinski definition) is 0. The summed E-state index contributed by atoms with van der Waals surface area (Å²) in [6.07, 6.45) is -10.7. The van der Waals surface area contributed by atoms with Crippen LogP contribution in [0.1, 0.15) is 6.42 Å². The number of alkyl halides is 18. The standard InChI is InChI=1S/C12H6F17IO2/c1-32-4(31)3(30)2-5(13,14)6(15,16)7(17,18)8(19,20)9(21,22)10(23,24)11(25,26)12(27,28)29/h3H,2H2,1H3. The van der Waals surface area contributed by atoms with E-state index in [0.717, 1.165) is 0 Å². The number of methoxy groups -OCH3 is 1. The molecule has 1 unspecified atom stereocenters. The molecule has 0 spiro atoms. The molecule has 1 atom stereocenters. The van der Waals surface area contributed by atoms with Crippen molar-refractivity contribution >= 4 is 28.6 Å². The van der Waals surface area contributed by atoms with Gasteiger partial charge in [0.25, 0.3) is 0 Å². The van der Waals surface area contributed by atoms with Gasteiger partial charge in [0, 0.05) is 6.42 Å². The maximum Gasteiger partial charge on any atom is 0.460 e. The summed E-state index contributed by atoms with van der Waals surface area (Å²) in [5.41, 5.74) is 0. The minimum absolute atomic E-state index is 0.441. The normalized spacial score (nSPS) is 16.7. The lowest BCUT2D eigenvalue weighted by Gasteiger charge is -2.43. The van der Waals surface area contributed by atoms with Crippen LogP contribution < -0.4 is 0 Å². The topological polar surface area (TPSA) is 26.3 Å². The Morgan fingerprint density at radius 2 is 0.906 bits per heavy atom. The Labute approximate surface area is 178 Å². The van der Waals surface area contributed by atoms with Crippen molar-refractivity contribution in [2.24, 2.45) is 0 Å². The number of carbonyl (C=O) groups excluding carboxylic acids is 1. The lowest BCUT2D eigenvalue weighted by atomic mass is 9.88. The van der Waals surface area contributed by atoms with Crippen molar-refractivity contribution in [2.75, 3.05) is 7.11 Å². The first kappa shape index (κ1) is 31.0. The van der Waals surface area contributed by atoms with Crippen molar-refractivity contribution in [3.63, 3.8) is 0 Å². The lowest BCUT2D eigenvalue weighted by Crippen LogP contribution is -2.74. The summed E-state index contributed by atoms with van der Waals surface area (Å²) in [6, 6.07) is 0. The van der Waals surface area contributed by atoms with Gasteiger partial charge in [-0.15, -0.1) is 0 Å². The molecule has 0 amide bonds. The molecule has 32 heavy (non-hydrogen) atoms. The van der Waals surface area contributed by atoms with Gasteiger partial charge in [0.1, 0.15) is 3.92 Å². The Bertz CT molecular complexity index is 698. The quantitative estimate of drug-likeness (QED) is 0.128. The Morgan fingerprint density at radius 3 is 1.19 bits per heavy atom. The minimum atomic E-state index is -8.67. The van der Waals surface area contributed by atoms with E-state index in [1.54, 1.807) is 0 Å². The molecule has 0 aromatic rings. The highest BCUT2D eigenvalue weighted by atomic mass is 127. The molecule has 0 rings (SSSR count). The van der Waals surface area contributed by atoms with Crippen molar-refractivity contribution in [1.29, 1.82) is 0 Å².